The number of hydrogen-bond acceptors (Lipinski definition) is 4. The number of furan rings is 1. The minimum Gasteiger partial charge on any atom is -0.469 e. The van der Waals surface area contributed by atoms with E-state index in [4.69, 9.17) is 4.42 Å². The lowest BCUT2D eigenvalue weighted by atomic mass is 9.93. The van der Waals surface area contributed by atoms with E-state index in [1.807, 2.05) is 12.1 Å². The third-order valence-corrected chi connectivity index (χ3v) is 3.86. The molecule has 0 fully saturated rings. The maximum Gasteiger partial charge on any atom is 0.107 e. The van der Waals surface area contributed by atoms with Gasteiger partial charge in [0, 0.05) is 29.8 Å². The third-order valence-electron chi connectivity index (χ3n) is 3.01. The van der Waals surface area contributed by atoms with Crippen molar-refractivity contribution in [3.05, 3.63) is 40.2 Å². The van der Waals surface area contributed by atoms with Crippen LogP contribution in [-0.2, 0) is 18.4 Å². The van der Waals surface area contributed by atoms with E-state index in [1.54, 1.807) is 17.6 Å². The van der Waals surface area contributed by atoms with Gasteiger partial charge in [0.1, 0.15) is 10.8 Å². The van der Waals surface area contributed by atoms with Crippen LogP contribution in [0.1, 0.15) is 44.2 Å². The van der Waals surface area contributed by atoms with Gasteiger partial charge in [-0.1, -0.05) is 20.8 Å². The predicted octanol–water partition coefficient (Wildman–Crippen LogP) is 3.75. The van der Waals surface area contributed by atoms with Crippen LogP contribution < -0.4 is 5.32 Å². The van der Waals surface area contributed by atoms with Crippen LogP contribution in [0.25, 0.3) is 0 Å². The van der Waals surface area contributed by atoms with Crippen LogP contribution >= 0.6 is 11.3 Å². The average molecular weight is 278 g/mol. The molecule has 0 spiro atoms. The molecular weight excluding hydrogens is 256 g/mol. The Hall–Kier alpha value is -1.13. The van der Waals surface area contributed by atoms with E-state index in [-0.39, 0.29) is 5.41 Å². The summed E-state index contributed by atoms with van der Waals surface area (Å²) < 4.78 is 5.35. The van der Waals surface area contributed by atoms with Crippen LogP contribution in [0.2, 0.25) is 0 Å². The summed E-state index contributed by atoms with van der Waals surface area (Å²) in [6.07, 6.45) is 2.63. The summed E-state index contributed by atoms with van der Waals surface area (Å²) >= 11 is 1.73. The van der Waals surface area contributed by atoms with Gasteiger partial charge in [-0.2, -0.15) is 0 Å². The number of nitrogens with one attached hydrogen (secondary N) is 1. The van der Waals surface area contributed by atoms with Crippen LogP contribution in [-0.4, -0.2) is 11.0 Å². The van der Waals surface area contributed by atoms with E-state index >= 15 is 0 Å². The molecule has 0 aliphatic carbocycles. The van der Waals surface area contributed by atoms with Crippen molar-refractivity contribution in [2.45, 2.75) is 52.1 Å². The largest absolute Gasteiger partial charge is 0.469 e. The lowest BCUT2D eigenvalue weighted by molar-refractivity contribution is 0.455. The Labute approximate surface area is 119 Å². The van der Waals surface area contributed by atoms with Crippen molar-refractivity contribution in [3.8, 4) is 0 Å². The summed E-state index contributed by atoms with van der Waals surface area (Å²) in [6, 6.07) is 4.32. The van der Waals surface area contributed by atoms with Gasteiger partial charge in [0.25, 0.3) is 0 Å². The first-order valence-corrected chi connectivity index (χ1v) is 7.54. The van der Waals surface area contributed by atoms with Gasteiger partial charge in [0.2, 0.25) is 0 Å². The minimum atomic E-state index is 0.133. The van der Waals surface area contributed by atoms with Gasteiger partial charge in [-0.05, 0) is 19.1 Å². The summed E-state index contributed by atoms with van der Waals surface area (Å²) in [5.41, 5.74) is 1.31. The van der Waals surface area contributed by atoms with Crippen molar-refractivity contribution in [1.82, 2.24) is 10.3 Å². The molecule has 0 aliphatic rings. The molecule has 0 amide bonds. The van der Waals surface area contributed by atoms with E-state index in [1.165, 1.54) is 5.69 Å². The van der Waals surface area contributed by atoms with Crippen molar-refractivity contribution in [2.75, 3.05) is 0 Å². The smallest absolute Gasteiger partial charge is 0.107 e. The second-order valence-electron chi connectivity index (χ2n) is 5.94. The van der Waals surface area contributed by atoms with Gasteiger partial charge in [0.05, 0.1) is 12.0 Å². The molecule has 0 aromatic carbocycles. The number of thiazole rings is 1. The predicted molar refractivity (Wildman–Crippen MR) is 79.5 cm³/mol. The number of hydrogen-bond donors (Lipinski definition) is 1. The molecule has 1 N–H and O–H groups in total. The maximum atomic E-state index is 5.35. The standard InChI is InChI=1S/C15H22N2OS/c1-11(8-12-6-5-7-18-12)16-9-14-17-13(10-19-14)15(2,3)4/h5-7,10-11,16H,8-9H2,1-4H3. The van der Waals surface area contributed by atoms with Crippen molar-refractivity contribution < 1.29 is 4.42 Å². The van der Waals surface area contributed by atoms with Crippen LogP contribution in [0.15, 0.2) is 28.2 Å². The lowest BCUT2D eigenvalue weighted by Crippen LogP contribution is -2.27. The van der Waals surface area contributed by atoms with Crippen LogP contribution in [0.3, 0.4) is 0 Å². The molecule has 2 heterocycles. The first kappa shape index (κ1) is 14.3. The van der Waals surface area contributed by atoms with Gasteiger partial charge in [-0.15, -0.1) is 11.3 Å². The molecule has 2 aromatic heterocycles. The Morgan fingerprint density at radius 1 is 1.42 bits per heavy atom. The summed E-state index contributed by atoms with van der Waals surface area (Å²) in [5, 5.41) is 6.80. The first-order chi connectivity index (χ1) is 8.95. The Balaban J connectivity index is 1.83. The molecule has 1 atom stereocenters. The quantitative estimate of drug-likeness (QED) is 0.905. The molecule has 19 heavy (non-hydrogen) atoms. The molecule has 3 nitrogen and oxygen atoms in total. The van der Waals surface area contributed by atoms with Gasteiger partial charge in [-0.3, -0.25) is 0 Å². The van der Waals surface area contributed by atoms with E-state index in [9.17, 15) is 0 Å². The van der Waals surface area contributed by atoms with Gasteiger partial charge >= 0.3 is 0 Å². The molecule has 1 unspecified atom stereocenters. The number of rotatable bonds is 5. The highest BCUT2D eigenvalue weighted by atomic mass is 32.1. The Bertz CT molecular complexity index is 496. The molecule has 0 saturated carbocycles. The first-order valence-electron chi connectivity index (χ1n) is 6.66. The summed E-state index contributed by atoms with van der Waals surface area (Å²) in [5.74, 6) is 1.02. The summed E-state index contributed by atoms with van der Waals surface area (Å²) in [6.45, 7) is 9.57. The van der Waals surface area contributed by atoms with Crippen LogP contribution in [0.4, 0.5) is 0 Å². The minimum absolute atomic E-state index is 0.133. The van der Waals surface area contributed by atoms with Crippen molar-refractivity contribution >= 4 is 11.3 Å². The lowest BCUT2D eigenvalue weighted by Gasteiger charge is -2.14. The van der Waals surface area contributed by atoms with Crippen LogP contribution in [0, 0.1) is 0 Å². The Morgan fingerprint density at radius 2 is 2.21 bits per heavy atom. The zero-order chi connectivity index (χ0) is 13.9. The zero-order valence-corrected chi connectivity index (χ0v) is 12.9. The van der Waals surface area contributed by atoms with E-state index in [2.05, 4.69) is 43.4 Å². The summed E-state index contributed by atoms with van der Waals surface area (Å²) in [4.78, 5) is 4.68. The maximum absolute atomic E-state index is 5.35. The molecular formula is C15H22N2OS. The fraction of sp³-hybridized carbons (Fsp3) is 0.533. The van der Waals surface area contributed by atoms with Gasteiger partial charge in [0.15, 0.2) is 0 Å². The highest BCUT2D eigenvalue weighted by Crippen LogP contribution is 2.23. The zero-order valence-electron chi connectivity index (χ0n) is 12.1. The highest BCUT2D eigenvalue weighted by Gasteiger charge is 2.17. The molecule has 2 aromatic rings. The summed E-state index contributed by atoms with van der Waals surface area (Å²) in [7, 11) is 0. The van der Waals surface area contributed by atoms with E-state index < -0.39 is 0 Å². The van der Waals surface area contributed by atoms with Gasteiger partial charge < -0.3 is 9.73 Å². The monoisotopic (exact) mass is 278 g/mol. The van der Waals surface area contributed by atoms with Crippen molar-refractivity contribution in [3.63, 3.8) is 0 Å². The molecule has 0 aliphatic heterocycles. The molecule has 0 saturated heterocycles. The highest BCUT2D eigenvalue weighted by molar-refractivity contribution is 7.09. The molecule has 2 rings (SSSR count). The van der Waals surface area contributed by atoms with E-state index in [0.29, 0.717) is 6.04 Å². The van der Waals surface area contributed by atoms with Gasteiger partial charge in [-0.25, -0.2) is 4.98 Å². The fourth-order valence-electron chi connectivity index (χ4n) is 1.80. The topological polar surface area (TPSA) is 38.1 Å². The number of aromatic nitrogens is 1. The Morgan fingerprint density at radius 3 is 2.79 bits per heavy atom. The molecule has 4 heteroatoms. The molecule has 104 valence electrons. The molecule has 0 bridgehead atoms. The van der Waals surface area contributed by atoms with Crippen LogP contribution in [0.5, 0.6) is 0 Å². The average Bonchev–Trinajstić information content (AvgIpc) is 2.95. The Kier molecular flexibility index (Phi) is 4.42. The second-order valence-corrected chi connectivity index (χ2v) is 6.88. The fourth-order valence-corrected chi connectivity index (χ4v) is 2.77. The molecule has 0 radical (unpaired) electrons. The van der Waals surface area contributed by atoms with E-state index in [0.717, 1.165) is 23.7 Å². The van der Waals surface area contributed by atoms with Crippen molar-refractivity contribution in [1.29, 1.82) is 0 Å². The third kappa shape index (κ3) is 4.18. The van der Waals surface area contributed by atoms with Crippen molar-refractivity contribution in [2.24, 2.45) is 0 Å². The normalized spacial score (nSPS) is 13.7. The SMILES string of the molecule is CC(Cc1ccco1)NCc1nc(C(C)(C)C)cs1. The number of nitrogens with zero attached hydrogens (tertiary/aromatic N) is 1. The second kappa shape index (κ2) is 5.88.